The lowest BCUT2D eigenvalue weighted by atomic mass is 10.2. The van der Waals surface area contributed by atoms with Crippen molar-refractivity contribution in [3.8, 4) is 0 Å². The van der Waals surface area contributed by atoms with Gasteiger partial charge < -0.3 is 5.43 Å². The molecule has 90 valence electrons. The van der Waals surface area contributed by atoms with Crippen molar-refractivity contribution in [2.24, 2.45) is 5.84 Å². The predicted molar refractivity (Wildman–Crippen MR) is 74.2 cm³/mol. The summed E-state index contributed by atoms with van der Waals surface area (Å²) in [4.78, 5) is 0. The Kier molecular flexibility index (Phi) is 4.61. The summed E-state index contributed by atoms with van der Waals surface area (Å²) >= 11 is 9.07. The molecule has 3 N–H and O–H groups in total. The van der Waals surface area contributed by atoms with Crippen molar-refractivity contribution in [2.45, 2.75) is 11.5 Å². The molecule has 4 nitrogen and oxygen atoms in total. The van der Waals surface area contributed by atoms with Gasteiger partial charge in [0, 0.05) is 28.1 Å². The number of thioether (sulfide) groups is 1. The third-order valence-corrected chi connectivity index (χ3v) is 4.20. The number of aromatic nitrogens is 2. The molecule has 2 aromatic rings. The molecular formula is C10H11ClN4S2. The molecule has 1 aromatic carbocycles. The van der Waals surface area contributed by atoms with Crippen molar-refractivity contribution in [3.63, 3.8) is 0 Å². The van der Waals surface area contributed by atoms with Crippen LogP contribution in [-0.4, -0.2) is 9.59 Å². The first-order chi connectivity index (χ1) is 8.31. The number of benzene rings is 1. The molecule has 0 aliphatic rings. The molecule has 0 radical (unpaired) electrons. The van der Waals surface area contributed by atoms with Gasteiger partial charge in [0.25, 0.3) is 0 Å². The topological polar surface area (TPSA) is 63.8 Å². The quantitative estimate of drug-likeness (QED) is 0.654. The normalized spacial score (nSPS) is 10.5. The van der Waals surface area contributed by atoms with Gasteiger partial charge in [0.1, 0.15) is 10.7 Å². The molecule has 0 aliphatic heterocycles. The Bertz CT molecular complexity index is 489. The van der Waals surface area contributed by atoms with E-state index in [4.69, 9.17) is 17.4 Å². The van der Waals surface area contributed by atoms with Crippen LogP contribution in [0, 0.1) is 0 Å². The van der Waals surface area contributed by atoms with Crippen molar-refractivity contribution < 1.29 is 0 Å². The molecule has 0 unspecified atom stereocenters. The van der Waals surface area contributed by atoms with Crippen LogP contribution in [0.5, 0.6) is 0 Å². The molecule has 1 aromatic heterocycles. The zero-order chi connectivity index (χ0) is 12.1. The van der Waals surface area contributed by atoms with E-state index < -0.39 is 0 Å². The van der Waals surface area contributed by atoms with Crippen molar-refractivity contribution >= 4 is 39.9 Å². The van der Waals surface area contributed by atoms with E-state index in [2.05, 4.69) is 15.0 Å². The Morgan fingerprint density at radius 1 is 1.35 bits per heavy atom. The maximum absolute atomic E-state index is 6.07. The Labute approximate surface area is 113 Å². The van der Waals surface area contributed by atoms with E-state index in [-0.39, 0.29) is 0 Å². The van der Waals surface area contributed by atoms with E-state index in [0.717, 1.165) is 32.8 Å². The van der Waals surface area contributed by atoms with Crippen molar-refractivity contribution in [3.05, 3.63) is 40.5 Å². The van der Waals surface area contributed by atoms with Gasteiger partial charge in [-0.3, -0.25) is 0 Å². The van der Waals surface area contributed by atoms with Crippen molar-refractivity contribution in [2.75, 3.05) is 5.43 Å². The lowest BCUT2D eigenvalue weighted by molar-refractivity contribution is 1.07. The summed E-state index contributed by atoms with van der Waals surface area (Å²) < 4.78 is 3.85. The number of halogens is 1. The van der Waals surface area contributed by atoms with Gasteiger partial charge in [-0.25, -0.2) is 5.84 Å². The fourth-order valence-corrected chi connectivity index (χ4v) is 3.12. The number of hydrogen-bond donors (Lipinski definition) is 2. The van der Waals surface area contributed by atoms with Gasteiger partial charge in [-0.1, -0.05) is 34.3 Å². The van der Waals surface area contributed by atoms with E-state index >= 15 is 0 Å². The molecular weight excluding hydrogens is 276 g/mol. The van der Waals surface area contributed by atoms with E-state index in [9.17, 15) is 0 Å². The molecule has 7 heteroatoms. The maximum atomic E-state index is 6.07. The number of rotatable bonds is 5. The van der Waals surface area contributed by atoms with Crippen LogP contribution in [0.4, 0.5) is 5.00 Å². The first-order valence-electron chi connectivity index (χ1n) is 4.90. The molecule has 0 saturated carbocycles. The molecule has 0 atom stereocenters. The molecule has 17 heavy (non-hydrogen) atoms. The highest BCUT2D eigenvalue weighted by Crippen LogP contribution is 2.26. The average Bonchev–Trinajstić information content (AvgIpc) is 2.79. The van der Waals surface area contributed by atoms with Crippen LogP contribution in [0.3, 0.4) is 0 Å². The summed E-state index contributed by atoms with van der Waals surface area (Å²) in [6, 6.07) is 7.84. The molecule has 1 heterocycles. The first kappa shape index (κ1) is 12.6. The highest BCUT2D eigenvalue weighted by atomic mass is 35.5. The van der Waals surface area contributed by atoms with Crippen molar-refractivity contribution in [1.82, 2.24) is 9.59 Å². The summed E-state index contributed by atoms with van der Waals surface area (Å²) in [6.45, 7) is 0. The average molecular weight is 287 g/mol. The van der Waals surface area contributed by atoms with Crippen LogP contribution in [0.2, 0.25) is 5.02 Å². The van der Waals surface area contributed by atoms with E-state index in [1.165, 1.54) is 11.5 Å². The van der Waals surface area contributed by atoms with Crippen LogP contribution in [0.25, 0.3) is 0 Å². The number of nitrogens with two attached hydrogens (primary N) is 1. The van der Waals surface area contributed by atoms with Crippen LogP contribution in [-0.2, 0) is 11.5 Å². The first-order valence-corrected chi connectivity index (χ1v) is 7.21. The van der Waals surface area contributed by atoms with E-state index in [1.54, 1.807) is 11.8 Å². The molecule has 0 aliphatic carbocycles. The van der Waals surface area contributed by atoms with E-state index in [0.29, 0.717) is 0 Å². The number of anilines is 1. The molecule has 0 amide bonds. The highest BCUT2D eigenvalue weighted by Gasteiger charge is 2.07. The van der Waals surface area contributed by atoms with Gasteiger partial charge in [-0.2, -0.15) is 11.8 Å². The number of hydrogen-bond acceptors (Lipinski definition) is 6. The predicted octanol–water partition coefficient (Wildman–Crippen LogP) is 2.91. The minimum Gasteiger partial charge on any atom is -0.313 e. The molecule has 0 saturated heterocycles. The molecule has 0 spiro atoms. The van der Waals surface area contributed by atoms with Crippen LogP contribution in [0.1, 0.15) is 11.3 Å². The van der Waals surface area contributed by atoms with Crippen LogP contribution >= 0.6 is 34.9 Å². The third kappa shape index (κ3) is 3.32. The monoisotopic (exact) mass is 286 g/mol. The van der Waals surface area contributed by atoms with Gasteiger partial charge in [-0.05, 0) is 11.6 Å². The minimum absolute atomic E-state index is 0.765. The fourth-order valence-electron chi connectivity index (χ4n) is 1.29. The summed E-state index contributed by atoms with van der Waals surface area (Å²) in [6.07, 6.45) is 0. The Balaban J connectivity index is 1.90. The summed E-state index contributed by atoms with van der Waals surface area (Å²) in [5.41, 5.74) is 4.60. The number of nitrogens with one attached hydrogen (secondary N) is 1. The Morgan fingerprint density at radius 2 is 2.18 bits per heavy atom. The molecule has 0 fully saturated rings. The summed E-state index contributed by atoms with van der Waals surface area (Å²) in [5, 5.41) is 5.63. The van der Waals surface area contributed by atoms with Gasteiger partial charge in [-0.15, -0.1) is 5.10 Å². The third-order valence-electron chi connectivity index (χ3n) is 2.14. The SMILES string of the molecule is NNc1snnc1CSCc1ccccc1Cl. The summed E-state index contributed by atoms with van der Waals surface area (Å²) in [7, 11) is 0. The van der Waals surface area contributed by atoms with Gasteiger partial charge in [0.2, 0.25) is 0 Å². The second-order valence-corrected chi connectivity index (χ2v) is 5.42. The Hall–Kier alpha value is -0.820. The van der Waals surface area contributed by atoms with Gasteiger partial charge in [0.15, 0.2) is 0 Å². The van der Waals surface area contributed by atoms with Crippen LogP contribution < -0.4 is 11.3 Å². The maximum Gasteiger partial charge on any atom is 0.148 e. The van der Waals surface area contributed by atoms with E-state index in [1.807, 2.05) is 24.3 Å². The lowest BCUT2D eigenvalue weighted by Crippen LogP contribution is -2.06. The number of hydrazine groups is 1. The zero-order valence-corrected chi connectivity index (χ0v) is 11.3. The smallest absolute Gasteiger partial charge is 0.148 e. The minimum atomic E-state index is 0.765. The number of nitrogens with zero attached hydrogens (tertiary/aromatic N) is 2. The Morgan fingerprint density at radius 3 is 2.94 bits per heavy atom. The lowest BCUT2D eigenvalue weighted by Gasteiger charge is -2.03. The molecule has 0 bridgehead atoms. The van der Waals surface area contributed by atoms with Crippen molar-refractivity contribution in [1.29, 1.82) is 0 Å². The largest absolute Gasteiger partial charge is 0.313 e. The number of nitrogen functional groups attached to an aromatic ring is 1. The van der Waals surface area contributed by atoms with Crippen LogP contribution in [0.15, 0.2) is 24.3 Å². The highest BCUT2D eigenvalue weighted by molar-refractivity contribution is 7.97. The van der Waals surface area contributed by atoms with Gasteiger partial charge in [0.05, 0.1) is 0 Å². The van der Waals surface area contributed by atoms with Gasteiger partial charge >= 0.3 is 0 Å². The fraction of sp³-hybridized carbons (Fsp3) is 0.200. The molecule has 2 rings (SSSR count). The summed E-state index contributed by atoms with van der Waals surface area (Å²) in [5.74, 6) is 6.97. The second-order valence-electron chi connectivity index (χ2n) is 3.28. The second kappa shape index (κ2) is 6.20. The zero-order valence-electron chi connectivity index (χ0n) is 8.89. The standard InChI is InChI=1S/C10H11ClN4S2/c11-8-4-2-1-3-7(8)5-16-6-9-10(13-12)17-15-14-9/h1-4,13H,5-6,12H2.